The predicted molar refractivity (Wildman–Crippen MR) is 111 cm³/mol. The van der Waals surface area contributed by atoms with Gasteiger partial charge >= 0.3 is 0 Å². The average molecular weight is 393 g/mol. The van der Waals surface area contributed by atoms with Crippen molar-refractivity contribution in [3.8, 4) is 22.7 Å². The van der Waals surface area contributed by atoms with E-state index in [-0.39, 0.29) is 0 Å². The summed E-state index contributed by atoms with van der Waals surface area (Å²) in [4.78, 5) is 4.14. The number of ether oxygens (including phenoxy) is 1. The van der Waals surface area contributed by atoms with E-state index in [1.165, 1.54) is 0 Å². The van der Waals surface area contributed by atoms with Crippen LogP contribution in [0.15, 0.2) is 73.4 Å². The van der Waals surface area contributed by atoms with Crippen molar-refractivity contribution in [3.05, 3.63) is 84.0 Å². The molecule has 6 heteroatoms. The average Bonchev–Trinajstić information content (AvgIpc) is 3.38. The highest BCUT2D eigenvalue weighted by molar-refractivity contribution is 6.30. The van der Waals surface area contributed by atoms with Crippen molar-refractivity contribution in [2.75, 3.05) is 6.61 Å². The zero-order valence-corrected chi connectivity index (χ0v) is 16.4. The molecule has 0 aliphatic heterocycles. The number of aromatic nitrogens is 4. The third-order valence-corrected chi connectivity index (χ3v) is 4.65. The molecule has 2 heterocycles. The second-order valence-corrected chi connectivity index (χ2v) is 6.97. The molecule has 0 fully saturated rings. The Kier molecular flexibility index (Phi) is 5.44. The molecule has 2 aromatic carbocycles. The van der Waals surface area contributed by atoms with Gasteiger partial charge in [0.2, 0.25) is 0 Å². The largest absolute Gasteiger partial charge is 0.494 e. The molecule has 0 radical (unpaired) electrons. The first-order valence-corrected chi connectivity index (χ1v) is 9.64. The first-order valence-electron chi connectivity index (χ1n) is 9.26. The summed E-state index contributed by atoms with van der Waals surface area (Å²) in [5.41, 5.74) is 4.05. The Bertz CT molecular complexity index is 1020. The van der Waals surface area contributed by atoms with E-state index in [9.17, 15) is 0 Å². The molecule has 4 aromatic rings. The molecule has 0 amide bonds. The number of hydrogen-bond acceptors (Lipinski definition) is 3. The number of hydrogen-bond donors (Lipinski definition) is 0. The van der Waals surface area contributed by atoms with Crippen molar-refractivity contribution in [3.63, 3.8) is 0 Å². The zero-order chi connectivity index (χ0) is 19.3. The summed E-state index contributed by atoms with van der Waals surface area (Å²) in [5, 5.41) is 5.56. The molecule has 142 valence electrons. The molecule has 4 rings (SSSR count). The minimum absolute atomic E-state index is 0.691. The quantitative estimate of drug-likeness (QED) is 0.432. The summed E-state index contributed by atoms with van der Waals surface area (Å²) in [6.07, 6.45) is 8.59. The first-order chi connectivity index (χ1) is 13.7. The van der Waals surface area contributed by atoms with Crippen LogP contribution >= 0.6 is 11.6 Å². The number of benzene rings is 2. The maximum atomic E-state index is 6.03. The Hall–Kier alpha value is -3.05. The summed E-state index contributed by atoms with van der Waals surface area (Å²) in [7, 11) is 0. The second kappa shape index (κ2) is 8.31. The van der Waals surface area contributed by atoms with Gasteiger partial charge < -0.3 is 9.30 Å². The lowest BCUT2D eigenvalue weighted by molar-refractivity contribution is 0.317. The molecule has 0 saturated heterocycles. The lowest BCUT2D eigenvalue weighted by Crippen LogP contribution is -1.97. The molecular weight excluding hydrogens is 372 g/mol. The summed E-state index contributed by atoms with van der Waals surface area (Å²) < 4.78 is 9.62. The molecule has 0 spiro atoms. The van der Waals surface area contributed by atoms with Crippen molar-refractivity contribution >= 4 is 11.6 Å². The minimum Gasteiger partial charge on any atom is -0.494 e. The third-order valence-electron chi connectivity index (χ3n) is 4.39. The standard InChI is InChI=1S/C22H21ClN4O/c1-2-13-28-21-9-3-17(4-10-21)22-18(14-26-12-11-24-16-26)15-27(25-22)20-7-5-19(23)6-8-20/h3-12,15-16H,2,13-14H2,1H3. The second-order valence-electron chi connectivity index (χ2n) is 6.53. The van der Waals surface area contributed by atoms with E-state index in [1.54, 1.807) is 6.20 Å². The Morgan fingerprint density at radius 2 is 1.82 bits per heavy atom. The normalized spacial score (nSPS) is 10.9. The van der Waals surface area contributed by atoms with E-state index in [0.717, 1.165) is 41.3 Å². The number of rotatable bonds is 7. The highest BCUT2D eigenvalue weighted by Gasteiger charge is 2.13. The van der Waals surface area contributed by atoms with Gasteiger partial charge in [-0.2, -0.15) is 5.10 Å². The van der Waals surface area contributed by atoms with Gasteiger partial charge in [0.1, 0.15) is 5.75 Å². The summed E-state index contributed by atoms with van der Waals surface area (Å²) >= 11 is 6.03. The molecule has 28 heavy (non-hydrogen) atoms. The van der Waals surface area contributed by atoms with E-state index in [4.69, 9.17) is 21.4 Å². The third kappa shape index (κ3) is 4.10. The van der Waals surface area contributed by atoms with Gasteiger partial charge in [0.25, 0.3) is 0 Å². The molecule has 0 atom stereocenters. The summed E-state index contributed by atoms with van der Waals surface area (Å²) in [6, 6.07) is 15.7. The first kappa shape index (κ1) is 18.3. The van der Waals surface area contributed by atoms with Crippen LogP contribution in [0.3, 0.4) is 0 Å². The van der Waals surface area contributed by atoms with Gasteiger partial charge in [0.15, 0.2) is 0 Å². The lowest BCUT2D eigenvalue weighted by atomic mass is 10.1. The van der Waals surface area contributed by atoms with Gasteiger partial charge in [-0.25, -0.2) is 9.67 Å². The van der Waals surface area contributed by atoms with Gasteiger partial charge in [-0.1, -0.05) is 18.5 Å². The van der Waals surface area contributed by atoms with Crippen LogP contribution in [0.1, 0.15) is 18.9 Å². The van der Waals surface area contributed by atoms with Crippen molar-refractivity contribution in [2.45, 2.75) is 19.9 Å². The molecular formula is C22H21ClN4O. The molecule has 0 aliphatic rings. The SMILES string of the molecule is CCCOc1ccc(-c2nn(-c3ccc(Cl)cc3)cc2Cn2ccnc2)cc1. The lowest BCUT2D eigenvalue weighted by Gasteiger charge is -2.06. The molecule has 0 unspecified atom stereocenters. The highest BCUT2D eigenvalue weighted by Crippen LogP contribution is 2.27. The highest BCUT2D eigenvalue weighted by atomic mass is 35.5. The van der Waals surface area contributed by atoms with E-state index in [1.807, 2.05) is 58.2 Å². The van der Waals surface area contributed by atoms with Crippen LogP contribution < -0.4 is 4.74 Å². The Labute approximate surface area is 169 Å². The topological polar surface area (TPSA) is 44.9 Å². The number of nitrogens with zero attached hydrogens (tertiary/aromatic N) is 4. The van der Waals surface area contributed by atoms with Crippen LogP contribution in [0, 0.1) is 0 Å². The monoisotopic (exact) mass is 392 g/mol. The molecule has 0 bridgehead atoms. The van der Waals surface area contributed by atoms with Crippen LogP contribution in [-0.4, -0.2) is 25.9 Å². The van der Waals surface area contributed by atoms with E-state index in [0.29, 0.717) is 11.6 Å². The maximum Gasteiger partial charge on any atom is 0.119 e. The number of halogens is 1. The van der Waals surface area contributed by atoms with Gasteiger partial charge in [-0.05, 0) is 55.0 Å². The van der Waals surface area contributed by atoms with Gasteiger partial charge in [0.05, 0.1) is 30.9 Å². The predicted octanol–water partition coefficient (Wildman–Crippen LogP) is 5.23. The fraction of sp³-hybridized carbons (Fsp3) is 0.182. The van der Waals surface area contributed by atoms with Crippen LogP contribution in [0.2, 0.25) is 5.02 Å². The Balaban J connectivity index is 1.70. The molecule has 0 N–H and O–H groups in total. The molecule has 0 aliphatic carbocycles. The van der Waals surface area contributed by atoms with Crippen LogP contribution in [0.5, 0.6) is 5.75 Å². The van der Waals surface area contributed by atoms with Crippen molar-refractivity contribution in [1.29, 1.82) is 0 Å². The van der Waals surface area contributed by atoms with Gasteiger partial charge in [0, 0.05) is 34.7 Å². The fourth-order valence-electron chi connectivity index (χ4n) is 3.00. The van der Waals surface area contributed by atoms with Crippen molar-refractivity contribution < 1.29 is 4.74 Å². The fourth-order valence-corrected chi connectivity index (χ4v) is 3.13. The van der Waals surface area contributed by atoms with Gasteiger partial charge in [-0.3, -0.25) is 0 Å². The van der Waals surface area contributed by atoms with Crippen molar-refractivity contribution in [2.24, 2.45) is 0 Å². The maximum absolute atomic E-state index is 6.03. The van der Waals surface area contributed by atoms with E-state index >= 15 is 0 Å². The summed E-state index contributed by atoms with van der Waals surface area (Å²) in [6.45, 7) is 3.51. The zero-order valence-electron chi connectivity index (χ0n) is 15.6. The Morgan fingerprint density at radius 1 is 1.04 bits per heavy atom. The van der Waals surface area contributed by atoms with Crippen LogP contribution in [-0.2, 0) is 6.54 Å². The minimum atomic E-state index is 0.691. The Morgan fingerprint density at radius 3 is 2.50 bits per heavy atom. The molecule has 5 nitrogen and oxygen atoms in total. The smallest absolute Gasteiger partial charge is 0.119 e. The molecule has 0 saturated carbocycles. The van der Waals surface area contributed by atoms with Crippen LogP contribution in [0.4, 0.5) is 0 Å². The van der Waals surface area contributed by atoms with Gasteiger partial charge in [-0.15, -0.1) is 0 Å². The molecule has 2 aromatic heterocycles. The number of imidazole rings is 1. The van der Waals surface area contributed by atoms with E-state index < -0.39 is 0 Å². The van der Waals surface area contributed by atoms with Crippen LogP contribution in [0.25, 0.3) is 16.9 Å². The van der Waals surface area contributed by atoms with E-state index in [2.05, 4.69) is 30.2 Å². The summed E-state index contributed by atoms with van der Waals surface area (Å²) in [5.74, 6) is 0.874. The van der Waals surface area contributed by atoms with Crippen molar-refractivity contribution in [1.82, 2.24) is 19.3 Å².